The van der Waals surface area contributed by atoms with E-state index in [1.54, 1.807) is 0 Å². The van der Waals surface area contributed by atoms with Crippen molar-refractivity contribution < 1.29 is 9.84 Å². The van der Waals surface area contributed by atoms with Crippen LogP contribution in [0.15, 0.2) is 24.3 Å². The first kappa shape index (κ1) is 30.4. The molecule has 0 radical (unpaired) electrons. The maximum atomic E-state index is 9.87. The summed E-state index contributed by atoms with van der Waals surface area (Å²) in [5.74, 6) is 0. The number of nitrogens with two attached hydrogens (primary N) is 1. The van der Waals surface area contributed by atoms with Gasteiger partial charge in [0.1, 0.15) is 0 Å². The third-order valence-electron chi connectivity index (χ3n) is 6.99. The van der Waals surface area contributed by atoms with E-state index in [0.717, 1.165) is 38.5 Å². The van der Waals surface area contributed by atoms with Crippen LogP contribution in [0.3, 0.4) is 0 Å². The molecule has 0 bridgehead atoms. The molecule has 0 amide bonds. The summed E-state index contributed by atoms with van der Waals surface area (Å²) in [7, 11) is 0. The van der Waals surface area contributed by atoms with E-state index in [1.165, 1.54) is 96.3 Å². The molecular weight excluding hydrogens is 406 g/mol. The lowest BCUT2D eigenvalue weighted by molar-refractivity contribution is 0.0344. The lowest BCUT2D eigenvalue weighted by atomic mass is 10.0. The first-order valence-corrected chi connectivity index (χ1v) is 14.6. The molecule has 1 fully saturated rings. The molecule has 1 heterocycles. The predicted molar refractivity (Wildman–Crippen MR) is 145 cm³/mol. The molecule has 3 N–H and O–H groups in total. The fraction of sp³-hybridized carbons (Fsp3) is 0.867. The number of rotatable bonds is 23. The summed E-state index contributed by atoms with van der Waals surface area (Å²) in [4.78, 5) is 0. The van der Waals surface area contributed by atoms with E-state index in [-0.39, 0.29) is 12.1 Å². The quantitative estimate of drug-likeness (QED) is 0.118. The molecular formula is C30H57NO2. The maximum absolute atomic E-state index is 9.87. The molecule has 3 nitrogen and oxygen atoms in total. The number of aliphatic hydroxyl groups is 1. The zero-order valence-corrected chi connectivity index (χ0v) is 22.0. The van der Waals surface area contributed by atoms with Crippen LogP contribution in [-0.2, 0) is 4.74 Å². The Morgan fingerprint density at radius 1 is 0.636 bits per heavy atom. The van der Waals surface area contributed by atoms with E-state index in [1.807, 2.05) is 0 Å². The van der Waals surface area contributed by atoms with Crippen LogP contribution in [0.4, 0.5) is 0 Å². The number of hydrogen-bond donors (Lipinski definition) is 2. The average molecular weight is 464 g/mol. The molecule has 194 valence electrons. The van der Waals surface area contributed by atoms with Gasteiger partial charge in [-0.05, 0) is 44.9 Å². The Kier molecular flexibility index (Phi) is 21.3. The third-order valence-corrected chi connectivity index (χ3v) is 6.99. The molecule has 1 rings (SSSR count). The number of allylic oxidation sites excluding steroid dienone is 4. The minimum Gasteiger partial charge on any atom is -0.389 e. The van der Waals surface area contributed by atoms with Crippen molar-refractivity contribution >= 4 is 0 Å². The molecule has 3 atom stereocenters. The SMILES string of the molecule is CCCCCCCCCCCCCCCC/C=C\CC/C=C\CCCC[C@@H]1OC[C@H](N)[C@@H]1O. The van der Waals surface area contributed by atoms with Crippen molar-refractivity contribution in [2.24, 2.45) is 5.73 Å². The normalized spacial score (nSPS) is 21.1. The summed E-state index contributed by atoms with van der Waals surface area (Å²) in [5, 5.41) is 9.87. The van der Waals surface area contributed by atoms with Crippen molar-refractivity contribution in [3.63, 3.8) is 0 Å². The fourth-order valence-electron chi connectivity index (χ4n) is 4.69. The lowest BCUT2D eigenvalue weighted by Gasteiger charge is -2.14. The summed E-state index contributed by atoms with van der Waals surface area (Å²) in [6.07, 6.45) is 36.7. The minimum atomic E-state index is -0.475. The van der Waals surface area contributed by atoms with Gasteiger partial charge in [0.25, 0.3) is 0 Å². The van der Waals surface area contributed by atoms with E-state index in [2.05, 4.69) is 31.2 Å². The zero-order valence-electron chi connectivity index (χ0n) is 22.0. The summed E-state index contributed by atoms with van der Waals surface area (Å²) >= 11 is 0. The van der Waals surface area contributed by atoms with Crippen molar-refractivity contribution in [2.45, 2.75) is 160 Å². The van der Waals surface area contributed by atoms with Crippen LogP contribution in [0, 0.1) is 0 Å². The summed E-state index contributed by atoms with van der Waals surface area (Å²) in [6.45, 7) is 2.79. The van der Waals surface area contributed by atoms with Gasteiger partial charge in [-0.2, -0.15) is 0 Å². The zero-order chi connectivity index (χ0) is 23.8. The highest BCUT2D eigenvalue weighted by Gasteiger charge is 2.32. The highest BCUT2D eigenvalue weighted by atomic mass is 16.5. The number of ether oxygens (including phenoxy) is 1. The summed E-state index contributed by atoms with van der Waals surface area (Å²) in [6, 6.07) is -0.197. The Balaban J connectivity index is 1.73. The average Bonchev–Trinajstić information content (AvgIpc) is 3.14. The molecule has 1 aliphatic rings. The Morgan fingerprint density at radius 3 is 1.52 bits per heavy atom. The number of unbranched alkanes of at least 4 members (excludes halogenated alkanes) is 17. The standard InChI is InChI=1S/C30H57NO2/c1-2-3-4-5-6-7-8-9-10-11-12-13-14-15-16-17-18-19-20-21-22-23-24-25-26-29-30(32)28(31)27-33-29/h17-18,21-22,28-30,32H,2-16,19-20,23-27,31H2,1H3/b18-17-,22-21-/t28-,29-,30-/m0/s1. The van der Waals surface area contributed by atoms with Crippen molar-refractivity contribution in [3.05, 3.63) is 24.3 Å². The van der Waals surface area contributed by atoms with Gasteiger partial charge in [-0.25, -0.2) is 0 Å². The molecule has 0 aromatic carbocycles. The van der Waals surface area contributed by atoms with E-state index in [9.17, 15) is 5.11 Å². The van der Waals surface area contributed by atoms with Crippen LogP contribution < -0.4 is 5.73 Å². The van der Waals surface area contributed by atoms with E-state index in [4.69, 9.17) is 10.5 Å². The van der Waals surface area contributed by atoms with E-state index < -0.39 is 6.10 Å². The first-order chi connectivity index (χ1) is 16.3. The molecule has 1 aliphatic heterocycles. The van der Waals surface area contributed by atoms with Crippen LogP contribution in [-0.4, -0.2) is 30.0 Å². The second-order valence-corrected chi connectivity index (χ2v) is 10.2. The molecule has 0 aliphatic carbocycles. The molecule has 0 saturated carbocycles. The molecule has 1 saturated heterocycles. The second kappa shape index (κ2) is 23.1. The van der Waals surface area contributed by atoms with Crippen molar-refractivity contribution in [3.8, 4) is 0 Å². The van der Waals surface area contributed by atoms with Gasteiger partial charge in [-0.15, -0.1) is 0 Å². The van der Waals surface area contributed by atoms with Gasteiger partial charge in [0, 0.05) is 0 Å². The van der Waals surface area contributed by atoms with Crippen LogP contribution in [0.5, 0.6) is 0 Å². The fourth-order valence-corrected chi connectivity index (χ4v) is 4.69. The van der Waals surface area contributed by atoms with Crippen molar-refractivity contribution in [1.29, 1.82) is 0 Å². The number of hydrogen-bond acceptors (Lipinski definition) is 3. The van der Waals surface area contributed by atoms with Gasteiger partial charge in [0.2, 0.25) is 0 Å². The smallest absolute Gasteiger partial charge is 0.0974 e. The third kappa shape index (κ3) is 18.4. The van der Waals surface area contributed by atoms with E-state index >= 15 is 0 Å². The van der Waals surface area contributed by atoms with Crippen LogP contribution in [0.25, 0.3) is 0 Å². The Hall–Kier alpha value is -0.640. The van der Waals surface area contributed by atoms with Gasteiger partial charge in [-0.3, -0.25) is 0 Å². The van der Waals surface area contributed by atoms with Crippen molar-refractivity contribution in [2.75, 3.05) is 6.61 Å². The van der Waals surface area contributed by atoms with Gasteiger partial charge in [0.05, 0.1) is 24.9 Å². The molecule has 0 aromatic rings. The topological polar surface area (TPSA) is 55.5 Å². The molecule has 33 heavy (non-hydrogen) atoms. The van der Waals surface area contributed by atoms with E-state index in [0.29, 0.717) is 6.61 Å². The molecule has 0 aromatic heterocycles. The van der Waals surface area contributed by atoms with Crippen LogP contribution in [0.1, 0.15) is 142 Å². The van der Waals surface area contributed by atoms with Gasteiger partial charge < -0.3 is 15.6 Å². The highest BCUT2D eigenvalue weighted by Crippen LogP contribution is 2.19. The first-order valence-electron chi connectivity index (χ1n) is 14.6. The van der Waals surface area contributed by atoms with Crippen LogP contribution in [0.2, 0.25) is 0 Å². The molecule has 3 heteroatoms. The lowest BCUT2D eigenvalue weighted by Crippen LogP contribution is -2.36. The summed E-state index contributed by atoms with van der Waals surface area (Å²) < 4.78 is 5.53. The number of aliphatic hydroxyl groups excluding tert-OH is 1. The maximum Gasteiger partial charge on any atom is 0.0974 e. The monoisotopic (exact) mass is 463 g/mol. The minimum absolute atomic E-state index is 0.0474. The Labute approximate surface area is 206 Å². The van der Waals surface area contributed by atoms with Gasteiger partial charge >= 0.3 is 0 Å². The van der Waals surface area contributed by atoms with Crippen molar-refractivity contribution in [1.82, 2.24) is 0 Å². The largest absolute Gasteiger partial charge is 0.389 e. The highest BCUT2D eigenvalue weighted by molar-refractivity contribution is 4.89. The second-order valence-electron chi connectivity index (χ2n) is 10.2. The summed E-state index contributed by atoms with van der Waals surface area (Å²) in [5.41, 5.74) is 5.77. The van der Waals surface area contributed by atoms with Gasteiger partial charge in [0.15, 0.2) is 0 Å². The Morgan fingerprint density at radius 2 is 1.06 bits per heavy atom. The van der Waals surface area contributed by atoms with Crippen LogP contribution >= 0.6 is 0 Å². The van der Waals surface area contributed by atoms with Gasteiger partial charge in [-0.1, -0.05) is 121 Å². The molecule has 0 spiro atoms. The Bertz CT molecular complexity index is 462. The predicted octanol–water partition coefficient (Wildman–Crippen LogP) is 8.40. The molecule has 0 unspecified atom stereocenters.